The summed E-state index contributed by atoms with van der Waals surface area (Å²) in [7, 11) is 0. The standard InChI is InChI=1S/C14H13IN2O/c15-17-14(18)16-13-9-5-4-8-12(13)10-11-6-2-1-3-7-11/h1-9H,10H2,(H2,16,17,18). The topological polar surface area (TPSA) is 41.1 Å². The zero-order chi connectivity index (χ0) is 12.8. The molecule has 2 aromatic carbocycles. The van der Waals surface area contributed by atoms with Gasteiger partial charge < -0.3 is 5.32 Å². The zero-order valence-corrected chi connectivity index (χ0v) is 11.8. The van der Waals surface area contributed by atoms with Crippen molar-refractivity contribution < 1.29 is 4.79 Å². The van der Waals surface area contributed by atoms with Crippen molar-refractivity contribution in [3.8, 4) is 0 Å². The number of benzene rings is 2. The fourth-order valence-corrected chi connectivity index (χ4v) is 1.89. The molecule has 0 unspecified atom stereocenters. The average Bonchev–Trinajstić information content (AvgIpc) is 2.42. The van der Waals surface area contributed by atoms with E-state index in [0.717, 1.165) is 17.7 Å². The number of anilines is 1. The van der Waals surface area contributed by atoms with Crippen LogP contribution in [0.3, 0.4) is 0 Å². The molecular formula is C14H13IN2O. The van der Waals surface area contributed by atoms with Crippen molar-refractivity contribution in [2.45, 2.75) is 6.42 Å². The number of urea groups is 1. The molecule has 0 bridgehead atoms. The lowest BCUT2D eigenvalue weighted by Crippen LogP contribution is -2.20. The van der Waals surface area contributed by atoms with Gasteiger partial charge in [0.05, 0.1) is 22.9 Å². The van der Waals surface area contributed by atoms with Crippen molar-refractivity contribution in [3.05, 3.63) is 65.7 Å². The van der Waals surface area contributed by atoms with Crippen LogP contribution in [-0.4, -0.2) is 6.03 Å². The van der Waals surface area contributed by atoms with Crippen LogP contribution in [0.15, 0.2) is 54.6 Å². The number of halogens is 1. The molecule has 18 heavy (non-hydrogen) atoms. The number of carbonyl (C=O) groups is 1. The first kappa shape index (κ1) is 12.9. The van der Waals surface area contributed by atoms with Gasteiger partial charge >= 0.3 is 6.03 Å². The van der Waals surface area contributed by atoms with Gasteiger partial charge in [-0.2, -0.15) is 0 Å². The molecule has 92 valence electrons. The van der Waals surface area contributed by atoms with Crippen molar-refractivity contribution in [2.75, 3.05) is 5.32 Å². The predicted molar refractivity (Wildman–Crippen MR) is 81.9 cm³/mol. The van der Waals surface area contributed by atoms with E-state index < -0.39 is 0 Å². The summed E-state index contributed by atoms with van der Waals surface area (Å²) >= 11 is 1.81. The van der Waals surface area contributed by atoms with Crippen LogP contribution in [0, 0.1) is 0 Å². The van der Waals surface area contributed by atoms with Gasteiger partial charge in [0.2, 0.25) is 0 Å². The van der Waals surface area contributed by atoms with Crippen molar-refractivity contribution in [3.63, 3.8) is 0 Å². The van der Waals surface area contributed by atoms with Crippen molar-refractivity contribution in [1.82, 2.24) is 3.53 Å². The van der Waals surface area contributed by atoms with Crippen LogP contribution in [0.5, 0.6) is 0 Å². The van der Waals surface area contributed by atoms with Crippen LogP contribution in [-0.2, 0) is 6.42 Å². The lowest BCUT2D eigenvalue weighted by molar-refractivity contribution is 0.258. The Morgan fingerprint density at radius 3 is 2.39 bits per heavy atom. The Balaban J connectivity index is 2.20. The van der Waals surface area contributed by atoms with E-state index in [4.69, 9.17) is 0 Å². The van der Waals surface area contributed by atoms with Gasteiger partial charge in [-0.15, -0.1) is 0 Å². The third-order valence-corrected chi connectivity index (χ3v) is 3.08. The number of para-hydroxylation sites is 1. The molecule has 0 aromatic heterocycles. The van der Waals surface area contributed by atoms with E-state index in [0.29, 0.717) is 0 Å². The first-order valence-corrected chi connectivity index (χ1v) is 6.67. The summed E-state index contributed by atoms with van der Waals surface area (Å²) in [6, 6.07) is 17.8. The second-order valence-corrected chi connectivity index (χ2v) is 4.41. The second-order valence-electron chi connectivity index (χ2n) is 3.87. The molecule has 2 aromatic rings. The Hall–Kier alpha value is -1.56. The molecular weight excluding hydrogens is 339 g/mol. The molecule has 2 rings (SSSR count). The fourth-order valence-electron chi connectivity index (χ4n) is 1.76. The molecule has 0 spiro atoms. The number of hydrogen-bond acceptors (Lipinski definition) is 1. The van der Waals surface area contributed by atoms with E-state index in [1.54, 1.807) is 0 Å². The monoisotopic (exact) mass is 352 g/mol. The number of amides is 2. The normalized spacial score (nSPS) is 9.83. The van der Waals surface area contributed by atoms with Crippen LogP contribution in [0.4, 0.5) is 10.5 Å². The molecule has 0 aliphatic heterocycles. The van der Waals surface area contributed by atoms with Gasteiger partial charge in [0.1, 0.15) is 0 Å². The number of carbonyl (C=O) groups excluding carboxylic acids is 1. The second kappa shape index (κ2) is 6.39. The minimum absolute atomic E-state index is 0.212. The van der Waals surface area contributed by atoms with E-state index in [9.17, 15) is 4.79 Å². The number of nitrogens with one attached hydrogen (secondary N) is 2. The lowest BCUT2D eigenvalue weighted by atomic mass is 10.0. The molecule has 0 heterocycles. The summed E-state index contributed by atoms with van der Waals surface area (Å²) < 4.78 is 2.52. The largest absolute Gasteiger partial charge is 0.327 e. The van der Waals surface area contributed by atoms with Gasteiger partial charge in [0.25, 0.3) is 0 Å². The highest BCUT2D eigenvalue weighted by Gasteiger charge is 2.05. The van der Waals surface area contributed by atoms with Crippen molar-refractivity contribution >= 4 is 34.6 Å². The van der Waals surface area contributed by atoms with E-state index in [1.165, 1.54) is 5.56 Å². The molecule has 0 aliphatic rings. The molecule has 0 radical (unpaired) electrons. The first-order chi connectivity index (χ1) is 8.79. The SMILES string of the molecule is O=C(NI)Nc1ccccc1Cc1ccccc1. The Kier molecular flexibility index (Phi) is 4.58. The maximum Gasteiger partial charge on any atom is 0.327 e. The summed E-state index contributed by atoms with van der Waals surface area (Å²) in [5.74, 6) is 0. The van der Waals surface area contributed by atoms with Gasteiger partial charge in [-0.1, -0.05) is 48.5 Å². The third kappa shape index (κ3) is 3.46. The fraction of sp³-hybridized carbons (Fsp3) is 0.0714. The quantitative estimate of drug-likeness (QED) is 0.641. The minimum atomic E-state index is -0.212. The summed E-state index contributed by atoms with van der Waals surface area (Å²) in [6.07, 6.45) is 0.804. The summed E-state index contributed by atoms with van der Waals surface area (Å²) in [4.78, 5) is 11.4. The van der Waals surface area contributed by atoms with E-state index >= 15 is 0 Å². The Bertz CT molecular complexity index is 528. The summed E-state index contributed by atoms with van der Waals surface area (Å²) in [5.41, 5.74) is 3.17. The van der Waals surface area contributed by atoms with Crippen molar-refractivity contribution in [2.24, 2.45) is 0 Å². The van der Waals surface area contributed by atoms with Gasteiger partial charge in [0.15, 0.2) is 0 Å². The smallest absolute Gasteiger partial charge is 0.307 e. The van der Waals surface area contributed by atoms with Crippen LogP contribution in [0.2, 0.25) is 0 Å². The van der Waals surface area contributed by atoms with Crippen molar-refractivity contribution in [1.29, 1.82) is 0 Å². The molecule has 3 nitrogen and oxygen atoms in total. The molecule has 2 N–H and O–H groups in total. The van der Waals surface area contributed by atoms with E-state index in [-0.39, 0.29) is 6.03 Å². The summed E-state index contributed by atoms with van der Waals surface area (Å²) in [6.45, 7) is 0. The number of rotatable bonds is 3. The number of hydrogen-bond donors (Lipinski definition) is 2. The molecule has 0 saturated carbocycles. The summed E-state index contributed by atoms with van der Waals surface area (Å²) in [5, 5.41) is 2.82. The Morgan fingerprint density at radius 1 is 1.00 bits per heavy atom. The van der Waals surface area contributed by atoms with Gasteiger partial charge in [0, 0.05) is 5.69 Å². The average molecular weight is 352 g/mol. The van der Waals surface area contributed by atoms with E-state index in [1.807, 2.05) is 65.3 Å². The van der Waals surface area contributed by atoms with Crippen LogP contribution < -0.4 is 8.85 Å². The zero-order valence-electron chi connectivity index (χ0n) is 9.69. The molecule has 0 atom stereocenters. The molecule has 2 amide bonds. The first-order valence-electron chi connectivity index (χ1n) is 5.59. The highest BCUT2D eigenvalue weighted by Crippen LogP contribution is 2.18. The third-order valence-electron chi connectivity index (χ3n) is 2.59. The minimum Gasteiger partial charge on any atom is -0.307 e. The molecule has 0 saturated heterocycles. The molecule has 0 aliphatic carbocycles. The molecule has 0 fully saturated rings. The van der Waals surface area contributed by atoms with Crippen LogP contribution >= 0.6 is 22.9 Å². The van der Waals surface area contributed by atoms with Crippen LogP contribution in [0.1, 0.15) is 11.1 Å². The maximum absolute atomic E-state index is 11.4. The highest BCUT2D eigenvalue weighted by atomic mass is 127. The predicted octanol–water partition coefficient (Wildman–Crippen LogP) is 3.75. The van der Waals surface area contributed by atoms with Gasteiger partial charge in [-0.3, -0.25) is 3.53 Å². The Labute approximate surface area is 120 Å². The van der Waals surface area contributed by atoms with E-state index in [2.05, 4.69) is 21.0 Å². The Morgan fingerprint density at radius 2 is 1.67 bits per heavy atom. The van der Waals surface area contributed by atoms with Crippen LogP contribution in [0.25, 0.3) is 0 Å². The lowest BCUT2D eigenvalue weighted by Gasteiger charge is -2.10. The van der Waals surface area contributed by atoms with Gasteiger partial charge in [-0.25, -0.2) is 4.79 Å². The van der Waals surface area contributed by atoms with Gasteiger partial charge in [-0.05, 0) is 23.6 Å². The highest BCUT2D eigenvalue weighted by molar-refractivity contribution is 14.1. The maximum atomic E-state index is 11.4. The molecule has 4 heteroatoms.